The van der Waals surface area contributed by atoms with E-state index in [-0.39, 0.29) is 37.3 Å². The quantitative estimate of drug-likeness (QED) is 0.311. The number of alkyl halides is 6. The fourth-order valence-corrected chi connectivity index (χ4v) is 6.12. The lowest BCUT2D eigenvalue weighted by molar-refractivity contribution is -0.143. The molecule has 3 atom stereocenters. The molecule has 2 aromatic rings. The summed E-state index contributed by atoms with van der Waals surface area (Å²) in [5.41, 5.74) is 5.97. The molecular weight excluding hydrogens is 515 g/mol. The van der Waals surface area contributed by atoms with Crippen molar-refractivity contribution in [2.45, 2.75) is 41.1 Å². The van der Waals surface area contributed by atoms with Gasteiger partial charge in [-0.15, -0.1) is 0 Å². The maximum absolute atomic E-state index is 13.2. The minimum Gasteiger partial charge on any atom is -0.366 e. The number of hydrogen-bond donors (Lipinski definition) is 2. The summed E-state index contributed by atoms with van der Waals surface area (Å²) >= 11 is 0. The number of nitrogens with one attached hydrogen (secondary N) is 1. The average Bonchev–Trinajstić information content (AvgIpc) is 3.53. The lowest BCUT2D eigenvalue weighted by Crippen LogP contribution is -2.29. The number of benzene rings is 2. The monoisotopic (exact) mass is 535 g/mol. The molecule has 2 aromatic carbocycles. The molecule has 3 unspecified atom stereocenters. The van der Waals surface area contributed by atoms with Gasteiger partial charge in [0.1, 0.15) is 0 Å². The zero-order valence-electron chi connectivity index (χ0n) is 17.9. The van der Waals surface area contributed by atoms with Crippen LogP contribution in [0, 0.1) is 0 Å². The zero-order chi connectivity index (χ0) is 25.5. The number of halogens is 6. The first-order chi connectivity index (χ1) is 16.3. The van der Waals surface area contributed by atoms with Crippen LogP contribution in [0.5, 0.6) is 0 Å². The summed E-state index contributed by atoms with van der Waals surface area (Å²) in [5, 5.41) is 1.57. The van der Waals surface area contributed by atoms with Crippen molar-refractivity contribution < 1.29 is 35.3 Å². The Kier molecular flexibility index (Phi) is 7.00. The Morgan fingerprint density at radius 3 is 2.09 bits per heavy atom. The van der Waals surface area contributed by atoms with Crippen molar-refractivity contribution in [1.82, 2.24) is 10.4 Å². The van der Waals surface area contributed by atoms with Gasteiger partial charge in [-0.05, 0) is 54.3 Å². The number of hydrazine groups is 1. The molecule has 13 heteroatoms. The Hall–Kier alpha value is -2.43. The molecular formula is C22H20F6N3O2PS. The van der Waals surface area contributed by atoms with Crippen molar-refractivity contribution in [3.05, 3.63) is 70.9 Å². The predicted molar refractivity (Wildman–Crippen MR) is 120 cm³/mol. The van der Waals surface area contributed by atoms with E-state index in [0.29, 0.717) is 22.6 Å². The second-order valence-corrected chi connectivity index (χ2v) is 11.2. The smallest absolute Gasteiger partial charge is 0.366 e. The van der Waals surface area contributed by atoms with Gasteiger partial charge in [-0.3, -0.25) is 9.00 Å². The summed E-state index contributed by atoms with van der Waals surface area (Å²) in [6.45, 7) is 0. The molecule has 1 saturated carbocycles. The zero-order valence-corrected chi connectivity index (χ0v) is 19.7. The molecule has 1 amide bonds. The maximum Gasteiger partial charge on any atom is 0.416 e. The van der Waals surface area contributed by atoms with Crippen molar-refractivity contribution in [1.29, 1.82) is 0 Å². The molecule has 2 aliphatic rings. The highest BCUT2D eigenvalue weighted by atomic mass is 32.2. The molecule has 1 saturated heterocycles. The minimum atomic E-state index is -4.94. The van der Waals surface area contributed by atoms with Crippen LogP contribution < -0.4 is 11.2 Å². The van der Waals surface area contributed by atoms with Crippen LogP contribution >= 0.6 is 8.58 Å². The molecule has 35 heavy (non-hydrogen) atoms. The van der Waals surface area contributed by atoms with Crippen molar-refractivity contribution >= 4 is 30.9 Å². The number of hydrogen-bond acceptors (Lipinski definition) is 4. The van der Waals surface area contributed by atoms with Crippen LogP contribution in [-0.4, -0.2) is 26.7 Å². The Morgan fingerprint density at radius 2 is 1.60 bits per heavy atom. The van der Waals surface area contributed by atoms with Crippen LogP contribution in [0.15, 0.2) is 53.6 Å². The van der Waals surface area contributed by atoms with Gasteiger partial charge in [0.05, 0.1) is 39.6 Å². The van der Waals surface area contributed by atoms with E-state index in [4.69, 9.17) is 5.73 Å². The highest BCUT2D eigenvalue weighted by Gasteiger charge is 2.38. The van der Waals surface area contributed by atoms with Gasteiger partial charge in [0, 0.05) is 16.3 Å². The molecule has 0 aromatic heterocycles. The number of amides is 1. The third-order valence-electron chi connectivity index (χ3n) is 5.48. The summed E-state index contributed by atoms with van der Waals surface area (Å²) in [5.74, 6) is -1.58. The summed E-state index contributed by atoms with van der Waals surface area (Å²) < 4.78 is 91.5. The van der Waals surface area contributed by atoms with Gasteiger partial charge in [-0.1, -0.05) is 20.7 Å². The van der Waals surface area contributed by atoms with Crippen LogP contribution in [0.1, 0.15) is 40.9 Å². The van der Waals surface area contributed by atoms with Crippen LogP contribution in [0.25, 0.3) is 5.57 Å². The number of nitrogens with two attached hydrogens (primary N) is 1. The van der Waals surface area contributed by atoms with Gasteiger partial charge in [0.25, 0.3) is 5.91 Å². The largest absolute Gasteiger partial charge is 0.416 e. The molecule has 5 nitrogen and oxygen atoms in total. The molecule has 1 heterocycles. The van der Waals surface area contributed by atoms with Crippen LogP contribution in [0.2, 0.25) is 0 Å². The number of nitrogens with zero attached hydrogens (tertiary/aromatic N) is 1. The van der Waals surface area contributed by atoms with Gasteiger partial charge in [0.2, 0.25) is 0 Å². The van der Waals surface area contributed by atoms with Gasteiger partial charge < -0.3 is 10.7 Å². The normalized spacial score (nSPS) is 20.9. The number of carbonyl (C=O) groups is 1. The standard InChI is InChI=1S/C22H20F6N3O2PS/c23-21(24,25)14-7-13(8-15(9-14)22(26,27)28)20-30-31(11-34-20)10-18(19(29)32)12-1-3-16(4-2-12)35(33)17-5-6-17/h1-4,7-10,17,20,30,34H,5-6,11H2,(H2,29,32)/b18-10+. The number of primary amides is 1. The van der Waals surface area contributed by atoms with Crippen LogP contribution in [0.4, 0.5) is 26.3 Å². The number of carbonyl (C=O) groups excluding carboxylic acids is 1. The molecule has 4 rings (SSSR count). The van der Waals surface area contributed by atoms with Gasteiger partial charge in [-0.2, -0.15) is 26.3 Å². The molecule has 3 N–H and O–H groups in total. The summed E-state index contributed by atoms with van der Waals surface area (Å²) in [4.78, 5) is 12.7. The maximum atomic E-state index is 13.2. The first-order valence-electron chi connectivity index (χ1n) is 10.4. The van der Waals surface area contributed by atoms with E-state index < -0.39 is 46.0 Å². The molecule has 0 spiro atoms. The summed E-state index contributed by atoms with van der Waals surface area (Å²) in [7, 11) is -1.21. The molecule has 0 bridgehead atoms. The predicted octanol–water partition coefficient (Wildman–Crippen LogP) is 4.98. The van der Waals surface area contributed by atoms with Crippen molar-refractivity contribution in [2.24, 2.45) is 5.73 Å². The van der Waals surface area contributed by atoms with E-state index in [1.165, 1.54) is 11.2 Å². The topological polar surface area (TPSA) is 75.4 Å². The molecule has 1 aliphatic carbocycles. The van der Waals surface area contributed by atoms with Crippen molar-refractivity contribution in [3.63, 3.8) is 0 Å². The highest BCUT2D eigenvalue weighted by molar-refractivity contribution is 7.86. The molecule has 1 aliphatic heterocycles. The second kappa shape index (κ2) is 9.55. The fraction of sp³-hybridized carbons (Fsp3) is 0.318. The van der Waals surface area contributed by atoms with E-state index in [1.54, 1.807) is 24.3 Å². The first kappa shape index (κ1) is 25.7. The van der Waals surface area contributed by atoms with E-state index in [1.807, 2.05) is 0 Å². The average molecular weight is 535 g/mol. The number of rotatable bonds is 6. The van der Waals surface area contributed by atoms with Gasteiger partial charge in [0.15, 0.2) is 0 Å². The van der Waals surface area contributed by atoms with E-state index in [0.717, 1.165) is 12.8 Å². The first-order valence-corrected chi connectivity index (χ1v) is 12.9. The van der Waals surface area contributed by atoms with Crippen molar-refractivity contribution in [2.75, 3.05) is 6.29 Å². The van der Waals surface area contributed by atoms with E-state index >= 15 is 0 Å². The van der Waals surface area contributed by atoms with E-state index in [2.05, 4.69) is 5.43 Å². The second-order valence-electron chi connectivity index (χ2n) is 8.16. The van der Waals surface area contributed by atoms with Crippen LogP contribution in [-0.2, 0) is 27.9 Å². The summed E-state index contributed by atoms with van der Waals surface area (Å²) in [6, 6.07) is 7.97. The van der Waals surface area contributed by atoms with Crippen LogP contribution in [0.3, 0.4) is 0 Å². The Labute approximate surface area is 201 Å². The van der Waals surface area contributed by atoms with Gasteiger partial charge in [-0.25, -0.2) is 5.43 Å². The Balaban J connectivity index is 1.56. The molecule has 0 radical (unpaired) electrons. The Bertz CT molecular complexity index is 1150. The SMILES string of the molecule is NC(=O)/C(=C/N1CPC(c2cc(C(F)(F)F)cc(C(F)(F)F)c2)N1)c1ccc(S(=O)C2CC2)cc1. The third kappa shape index (κ3) is 6.05. The minimum absolute atomic E-state index is 0.0876. The molecule has 188 valence electrons. The fourth-order valence-electron chi connectivity index (χ4n) is 3.55. The lowest BCUT2D eigenvalue weighted by Gasteiger charge is -2.19. The third-order valence-corrected chi connectivity index (χ3v) is 8.69. The van der Waals surface area contributed by atoms with Gasteiger partial charge >= 0.3 is 12.4 Å². The van der Waals surface area contributed by atoms with Crippen molar-refractivity contribution in [3.8, 4) is 0 Å². The lowest BCUT2D eigenvalue weighted by atomic mass is 10.0. The highest BCUT2D eigenvalue weighted by Crippen LogP contribution is 2.43. The molecule has 2 fully saturated rings. The summed E-state index contributed by atoms with van der Waals surface area (Å²) in [6.07, 6.45) is -6.46. The Morgan fingerprint density at radius 1 is 1.03 bits per heavy atom. The van der Waals surface area contributed by atoms with E-state index in [9.17, 15) is 35.3 Å².